The second-order valence-electron chi connectivity index (χ2n) is 6.27. The molecule has 1 aromatic heterocycles. The summed E-state index contributed by atoms with van der Waals surface area (Å²) in [5, 5.41) is 10.5. The first-order valence-corrected chi connectivity index (χ1v) is 10.1. The van der Waals surface area contributed by atoms with Crippen LogP contribution in [0.3, 0.4) is 0 Å². The number of hydrogen-bond acceptors (Lipinski definition) is 9. The summed E-state index contributed by atoms with van der Waals surface area (Å²) >= 11 is 6.55. The molecule has 1 atom stereocenters. The number of nitrogens with zero attached hydrogens (tertiary/aromatic N) is 2. The number of ether oxygens (including phenoxy) is 3. The topological polar surface area (TPSA) is 99.4 Å². The smallest absolute Gasteiger partial charge is 0.340 e. The number of aliphatic imine (C=N–C) groups is 1. The molecule has 1 N–H and O–H groups in total. The Labute approximate surface area is 176 Å². The van der Waals surface area contributed by atoms with Gasteiger partial charge in [0.1, 0.15) is 4.88 Å². The molecular formula is C19H20N2O6S2. The Balaban J connectivity index is 1.93. The Morgan fingerprint density at radius 3 is 2.79 bits per heavy atom. The molecule has 0 saturated carbocycles. The molecule has 29 heavy (non-hydrogen) atoms. The maximum absolute atomic E-state index is 12.0. The van der Waals surface area contributed by atoms with Gasteiger partial charge in [-0.1, -0.05) is 11.3 Å². The molecule has 154 valence electrons. The van der Waals surface area contributed by atoms with Crippen LogP contribution in [-0.2, 0) is 20.8 Å². The standard InChI is InChI=1S/C19H20N2O6S2/c1-25-17(23)11-5-6-13(18(24)26-2)14(8-11)20-9-15-16(22)21(19(28)29-15)10-12-4-3-7-27-12/h5-6,8-9,12,22H,3-4,7,10H2,1-2H3/t12-/m1/s1. The Bertz CT molecular complexity index is 1000. The molecule has 0 aliphatic carbocycles. The van der Waals surface area contributed by atoms with E-state index in [4.69, 9.17) is 26.4 Å². The number of aromatic nitrogens is 1. The van der Waals surface area contributed by atoms with E-state index in [2.05, 4.69) is 4.99 Å². The van der Waals surface area contributed by atoms with Gasteiger partial charge in [0, 0.05) is 6.61 Å². The van der Waals surface area contributed by atoms with E-state index in [9.17, 15) is 14.7 Å². The Hall–Kier alpha value is -2.56. The van der Waals surface area contributed by atoms with Crippen LogP contribution in [0.25, 0.3) is 0 Å². The van der Waals surface area contributed by atoms with Crippen molar-refractivity contribution in [1.82, 2.24) is 4.57 Å². The van der Waals surface area contributed by atoms with E-state index in [1.807, 2.05) is 0 Å². The molecule has 1 aliphatic heterocycles. The van der Waals surface area contributed by atoms with Gasteiger partial charge < -0.3 is 19.3 Å². The monoisotopic (exact) mass is 436 g/mol. The van der Waals surface area contributed by atoms with Crippen LogP contribution in [0, 0.1) is 3.95 Å². The van der Waals surface area contributed by atoms with E-state index < -0.39 is 11.9 Å². The van der Waals surface area contributed by atoms with Crippen LogP contribution >= 0.6 is 23.6 Å². The fourth-order valence-electron chi connectivity index (χ4n) is 2.95. The van der Waals surface area contributed by atoms with Crippen molar-refractivity contribution in [3.05, 3.63) is 38.2 Å². The van der Waals surface area contributed by atoms with Crippen LogP contribution in [0.15, 0.2) is 23.2 Å². The minimum atomic E-state index is -0.596. The summed E-state index contributed by atoms with van der Waals surface area (Å²) in [5.41, 5.74) is 0.627. The average Bonchev–Trinajstić information content (AvgIpc) is 3.34. The van der Waals surface area contributed by atoms with Crippen molar-refractivity contribution in [2.75, 3.05) is 20.8 Å². The average molecular weight is 437 g/mol. The lowest BCUT2D eigenvalue weighted by Crippen LogP contribution is -2.14. The van der Waals surface area contributed by atoms with Gasteiger partial charge in [0.05, 0.1) is 49.9 Å². The zero-order valence-corrected chi connectivity index (χ0v) is 17.5. The molecule has 2 heterocycles. The fraction of sp³-hybridized carbons (Fsp3) is 0.368. The van der Waals surface area contributed by atoms with Gasteiger partial charge in [-0.2, -0.15) is 0 Å². The third-order valence-corrected chi connectivity index (χ3v) is 5.82. The minimum absolute atomic E-state index is 0.0111. The van der Waals surface area contributed by atoms with E-state index in [1.54, 1.807) is 4.57 Å². The molecule has 10 heteroatoms. The normalized spacial score (nSPS) is 16.3. The highest BCUT2D eigenvalue weighted by Crippen LogP contribution is 2.28. The third-order valence-electron chi connectivity index (χ3n) is 4.45. The molecule has 1 fully saturated rings. The van der Waals surface area contributed by atoms with E-state index in [0.717, 1.165) is 12.8 Å². The van der Waals surface area contributed by atoms with Gasteiger partial charge in [-0.3, -0.25) is 9.56 Å². The summed E-state index contributed by atoms with van der Waals surface area (Å²) in [6.07, 6.45) is 3.34. The summed E-state index contributed by atoms with van der Waals surface area (Å²) in [5.74, 6) is -1.16. The van der Waals surface area contributed by atoms with Crippen LogP contribution in [0.4, 0.5) is 5.69 Å². The van der Waals surface area contributed by atoms with E-state index in [1.165, 1.54) is 50.0 Å². The van der Waals surface area contributed by atoms with Crippen molar-refractivity contribution in [2.45, 2.75) is 25.5 Å². The highest BCUT2D eigenvalue weighted by atomic mass is 32.1. The summed E-state index contributed by atoms with van der Waals surface area (Å²) in [7, 11) is 2.52. The number of rotatable bonds is 6. The van der Waals surface area contributed by atoms with E-state index in [0.29, 0.717) is 22.0 Å². The van der Waals surface area contributed by atoms with Crippen molar-refractivity contribution < 1.29 is 28.9 Å². The quantitative estimate of drug-likeness (QED) is 0.420. The molecule has 0 spiro atoms. The van der Waals surface area contributed by atoms with Gasteiger partial charge in [-0.25, -0.2) is 9.59 Å². The summed E-state index contributed by atoms with van der Waals surface area (Å²) in [4.78, 5) is 28.6. The fourth-order valence-corrected chi connectivity index (χ4v) is 4.14. The van der Waals surface area contributed by atoms with Crippen LogP contribution in [0.1, 0.15) is 38.4 Å². The molecular weight excluding hydrogens is 416 g/mol. The number of aromatic hydroxyl groups is 1. The van der Waals surface area contributed by atoms with Crippen molar-refractivity contribution in [1.29, 1.82) is 0 Å². The molecule has 1 saturated heterocycles. The van der Waals surface area contributed by atoms with Gasteiger partial charge in [-0.15, -0.1) is 0 Å². The summed E-state index contributed by atoms with van der Waals surface area (Å²) in [6.45, 7) is 1.18. The molecule has 0 unspecified atom stereocenters. The van der Waals surface area contributed by atoms with Gasteiger partial charge in [-0.05, 0) is 43.3 Å². The lowest BCUT2D eigenvalue weighted by molar-refractivity contribution is 0.0587. The number of carbonyl (C=O) groups is 2. The zero-order chi connectivity index (χ0) is 21.0. The third kappa shape index (κ3) is 4.72. The number of hydrogen-bond donors (Lipinski definition) is 1. The lowest BCUT2D eigenvalue weighted by Gasteiger charge is -2.10. The first-order chi connectivity index (χ1) is 13.9. The maximum atomic E-state index is 12.0. The molecule has 1 aliphatic rings. The summed E-state index contributed by atoms with van der Waals surface area (Å²) < 4.78 is 17.2. The first kappa shape index (κ1) is 21.2. The molecule has 1 aromatic carbocycles. The van der Waals surface area contributed by atoms with Crippen molar-refractivity contribution in [3.8, 4) is 5.88 Å². The summed E-state index contributed by atoms with van der Waals surface area (Å²) in [6, 6.07) is 4.32. The minimum Gasteiger partial charge on any atom is -0.493 e. The van der Waals surface area contributed by atoms with Crippen molar-refractivity contribution in [3.63, 3.8) is 0 Å². The molecule has 3 rings (SSSR count). The van der Waals surface area contributed by atoms with E-state index >= 15 is 0 Å². The van der Waals surface area contributed by atoms with Crippen molar-refractivity contribution >= 4 is 47.4 Å². The molecule has 0 radical (unpaired) electrons. The van der Waals surface area contributed by atoms with Gasteiger partial charge in [0.25, 0.3) is 0 Å². The van der Waals surface area contributed by atoms with Crippen LogP contribution < -0.4 is 0 Å². The Morgan fingerprint density at radius 1 is 1.38 bits per heavy atom. The zero-order valence-electron chi connectivity index (χ0n) is 15.9. The molecule has 0 amide bonds. The lowest BCUT2D eigenvalue weighted by atomic mass is 10.1. The van der Waals surface area contributed by atoms with Crippen LogP contribution in [0.2, 0.25) is 0 Å². The Morgan fingerprint density at radius 2 is 2.14 bits per heavy atom. The SMILES string of the molecule is COC(=O)c1ccc(C(=O)OC)c(N=Cc2sc(=S)n(C[C@H]3CCCO3)c2O)c1. The number of carbonyl (C=O) groups excluding carboxylic acids is 2. The number of thiazole rings is 1. The second kappa shape index (κ2) is 9.29. The maximum Gasteiger partial charge on any atom is 0.340 e. The number of methoxy groups -OCH3 is 2. The Kier molecular flexibility index (Phi) is 6.78. The van der Waals surface area contributed by atoms with Gasteiger partial charge in [0.15, 0.2) is 3.95 Å². The number of esters is 2. The van der Waals surface area contributed by atoms with Crippen LogP contribution in [0.5, 0.6) is 5.88 Å². The highest BCUT2D eigenvalue weighted by molar-refractivity contribution is 7.73. The molecule has 0 bridgehead atoms. The van der Waals surface area contributed by atoms with Crippen LogP contribution in [-0.4, -0.2) is 54.8 Å². The second-order valence-corrected chi connectivity index (χ2v) is 7.95. The predicted molar refractivity (Wildman–Crippen MR) is 110 cm³/mol. The first-order valence-electron chi connectivity index (χ1n) is 8.83. The highest BCUT2D eigenvalue weighted by Gasteiger charge is 2.20. The van der Waals surface area contributed by atoms with Gasteiger partial charge in [0.2, 0.25) is 5.88 Å². The van der Waals surface area contributed by atoms with Crippen molar-refractivity contribution in [2.24, 2.45) is 4.99 Å². The van der Waals surface area contributed by atoms with Gasteiger partial charge >= 0.3 is 11.9 Å². The predicted octanol–water partition coefficient (Wildman–Crippen LogP) is 3.49. The largest absolute Gasteiger partial charge is 0.493 e. The number of benzene rings is 1. The molecule has 8 nitrogen and oxygen atoms in total. The molecule has 2 aromatic rings. The van der Waals surface area contributed by atoms with E-state index in [-0.39, 0.29) is 28.8 Å².